The van der Waals surface area contributed by atoms with Crippen molar-refractivity contribution in [2.75, 3.05) is 12.8 Å². The van der Waals surface area contributed by atoms with E-state index in [-0.39, 0.29) is 0 Å². The molecule has 1 nitrogen and oxygen atoms in total. The summed E-state index contributed by atoms with van der Waals surface area (Å²) in [5.41, 5.74) is 1.98. The second-order valence-electron chi connectivity index (χ2n) is 6.45. The van der Waals surface area contributed by atoms with Crippen molar-refractivity contribution in [3.8, 4) is 0 Å². The number of fused-ring (bicyclic) bond motifs is 1. The van der Waals surface area contributed by atoms with Gasteiger partial charge in [0.05, 0.1) is 0 Å². The van der Waals surface area contributed by atoms with E-state index in [1.807, 2.05) is 11.8 Å². The molecule has 0 spiro atoms. The number of hydrogen-bond donors (Lipinski definition) is 1. The molecule has 1 N–H and O–H groups in total. The number of hydrogen-bond acceptors (Lipinski definition) is 2. The number of nitrogens with one attached hydrogen (secondary N) is 1. The molecule has 1 aliphatic rings. The maximum Gasteiger partial charge on any atom is 0.0141 e. The zero-order valence-electron chi connectivity index (χ0n) is 12.0. The van der Waals surface area contributed by atoms with Gasteiger partial charge in [0.2, 0.25) is 0 Å². The van der Waals surface area contributed by atoms with Crippen LogP contribution in [0.1, 0.15) is 45.1 Å². The number of benzene rings is 1. The molecule has 0 amide bonds. The summed E-state index contributed by atoms with van der Waals surface area (Å²) in [5, 5.41) is 3.54. The van der Waals surface area contributed by atoms with Gasteiger partial charge in [-0.2, -0.15) is 0 Å². The van der Waals surface area contributed by atoms with Gasteiger partial charge in [-0.15, -0.1) is 11.8 Å². The minimum Gasteiger partial charge on any atom is -0.316 e. The summed E-state index contributed by atoms with van der Waals surface area (Å²) in [6, 6.07) is 9.50. The Kier molecular flexibility index (Phi) is 4.39. The van der Waals surface area contributed by atoms with Crippen LogP contribution in [-0.4, -0.2) is 18.8 Å². The Bertz CT molecular complexity index is 394. The van der Waals surface area contributed by atoms with Crippen molar-refractivity contribution in [3.63, 3.8) is 0 Å². The van der Waals surface area contributed by atoms with Crippen molar-refractivity contribution in [1.82, 2.24) is 5.32 Å². The first-order chi connectivity index (χ1) is 8.51. The SMILES string of the molecule is CNC(CCC(C)(C)C)C1CSc2ccccc21. The Morgan fingerprint density at radius 1 is 1.33 bits per heavy atom. The van der Waals surface area contributed by atoms with Crippen LogP contribution in [0.2, 0.25) is 0 Å². The first kappa shape index (κ1) is 14.0. The molecule has 1 aliphatic heterocycles. The zero-order valence-corrected chi connectivity index (χ0v) is 12.8. The molecular formula is C16H25NS. The molecule has 0 saturated carbocycles. The van der Waals surface area contributed by atoms with Crippen LogP contribution in [0.5, 0.6) is 0 Å². The van der Waals surface area contributed by atoms with Crippen molar-refractivity contribution >= 4 is 11.8 Å². The first-order valence-corrected chi connectivity index (χ1v) is 7.89. The highest BCUT2D eigenvalue weighted by atomic mass is 32.2. The molecule has 2 heteroatoms. The fourth-order valence-electron chi connectivity index (χ4n) is 2.66. The number of rotatable bonds is 4. The van der Waals surface area contributed by atoms with E-state index in [1.54, 1.807) is 5.56 Å². The lowest BCUT2D eigenvalue weighted by molar-refractivity contribution is 0.322. The van der Waals surface area contributed by atoms with Crippen LogP contribution in [-0.2, 0) is 0 Å². The molecule has 0 saturated heterocycles. The molecule has 0 bridgehead atoms. The standard InChI is InChI=1S/C16H25NS/c1-16(2,3)10-9-14(17-4)13-11-18-15-8-6-5-7-12(13)15/h5-8,13-14,17H,9-11H2,1-4H3. The summed E-state index contributed by atoms with van der Waals surface area (Å²) in [7, 11) is 2.11. The van der Waals surface area contributed by atoms with E-state index in [9.17, 15) is 0 Å². The van der Waals surface area contributed by atoms with Gasteiger partial charge in [-0.3, -0.25) is 0 Å². The highest BCUT2D eigenvalue weighted by Gasteiger charge is 2.29. The van der Waals surface area contributed by atoms with Gasteiger partial charge in [0.1, 0.15) is 0 Å². The van der Waals surface area contributed by atoms with Crippen molar-refractivity contribution in [3.05, 3.63) is 29.8 Å². The Labute approximate surface area is 116 Å². The molecule has 1 aromatic carbocycles. The number of likely N-dealkylation sites (N-methyl/N-ethyl adjacent to an activating group) is 1. The van der Waals surface area contributed by atoms with Crippen LogP contribution in [0.3, 0.4) is 0 Å². The van der Waals surface area contributed by atoms with Crippen molar-refractivity contribution in [2.45, 2.75) is 50.5 Å². The fraction of sp³-hybridized carbons (Fsp3) is 0.625. The Morgan fingerprint density at radius 2 is 2.06 bits per heavy atom. The Morgan fingerprint density at radius 3 is 2.72 bits per heavy atom. The maximum atomic E-state index is 3.54. The topological polar surface area (TPSA) is 12.0 Å². The van der Waals surface area contributed by atoms with E-state index in [0.29, 0.717) is 17.4 Å². The van der Waals surface area contributed by atoms with Crippen molar-refractivity contribution < 1.29 is 0 Å². The van der Waals surface area contributed by atoms with Crippen LogP contribution < -0.4 is 5.32 Å². The van der Waals surface area contributed by atoms with Gasteiger partial charge < -0.3 is 5.32 Å². The van der Waals surface area contributed by atoms with Gasteiger partial charge in [0.15, 0.2) is 0 Å². The van der Waals surface area contributed by atoms with Gasteiger partial charge in [-0.25, -0.2) is 0 Å². The fourth-order valence-corrected chi connectivity index (χ4v) is 3.99. The maximum absolute atomic E-state index is 3.54. The summed E-state index contributed by atoms with van der Waals surface area (Å²) in [6.07, 6.45) is 2.54. The van der Waals surface area contributed by atoms with Gasteiger partial charge in [0, 0.05) is 22.6 Å². The molecular weight excluding hydrogens is 238 g/mol. The van der Waals surface area contributed by atoms with Gasteiger partial charge in [0.25, 0.3) is 0 Å². The lowest BCUT2D eigenvalue weighted by Crippen LogP contribution is -2.33. The summed E-state index contributed by atoms with van der Waals surface area (Å²) in [6.45, 7) is 6.99. The van der Waals surface area contributed by atoms with Gasteiger partial charge >= 0.3 is 0 Å². The van der Waals surface area contributed by atoms with E-state index in [4.69, 9.17) is 0 Å². The molecule has 2 rings (SSSR count). The predicted molar refractivity (Wildman–Crippen MR) is 81.4 cm³/mol. The molecule has 1 heterocycles. The largest absolute Gasteiger partial charge is 0.316 e. The highest BCUT2D eigenvalue weighted by molar-refractivity contribution is 7.99. The van der Waals surface area contributed by atoms with E-state index in [2.05, 4.69) is 57.4 Å². The molecule has 1 aromatic rings. The lowest BCUT2D eigenvalue weighted by atomic mass is 9.84. The summed E-state index contributed by atoms with van der Waals surface area (Å²) < 4.78 is 0. The molecule has 2 unspecified atom stereocenters. The predicted octanol–water partition coefficient (Wildman–Crippen LogP) is 4.29. The Hall–Kier alpha value is -0.470. The first-order valence-electron chi connectivity index (χ1n) is 6.90. The lowest BCUT2D eigenvalue weighted by Gasteiger charge is -2.27. The van der Waals surface area contributed by atoms with Crippen LogP contribution in [0.4, 0.5) is 0 Å². The van der Waals surface area contributed by atoms with Crippen LogP contribution >= 0.6 is 11.8 Å². The summed E-state index contributed by atoms with van der Waals surface area (Å²) in [5.74, 6) is 1.91. The molecule has 100 valence electrons. The molecule has 18 heavy (non-hydrogen) atoms. The second kappa shape index (κ2) is 5.66. The minimum absolute atomic E-state index is 0.431. The van der Waals surface area contributed by atoms with E-state index in [0.717, 1.165) is 0 Å². The third kappa shape index (κ3) is 3.30. The Balaban J connectivity index is 2.06. The van der Waals surface area contributed by atoms with Crippen LogP contribution in [0.15, 0.2) is 29.2 Å². The third-order valence-electron chi connectivity index (χ3n) is 3.80. The average Bonchev–Trinajstić information content (AvgIpc) is 2.73. The summed E-state index contributed by atoms with van der Waals surface area (Å²) in [4.78, 5) is 1.48. The highest BCUT2D eigenvalue weighted by Crippen LogP contribution is 2.42. The molecule has 0 fully saturated rings. The average molecular weight is 263 g/mol. The van der Waals surface area contributed by atoms with E-state index < -0.39 is 0 Å². The van der Waals surface area contributed by atoms with Crippen molar-refractivity contribution in [2.24, 2.45) is 5.41 Å². The van der Waals surface area contributed by atoms with Crippen LogP contribution in [0, 0.1) is 5.41 Å². The van der Waals surface area contributed by atoms with Gasteiger partial charge in [-0.05, 0) is 36.9 Å². The molecule has 0 aliphatic carbocycles. The molecule has 0 radical (unpaired) electrons. The zero-order chi connectivity index (χ0) is 13.2. The van der Waals surface area contributed by atoms with E-state index in [1.165, 1.54) is 23.5 Å². The van der Waals surface area contributed by atoms with Crippen molar-refractivity contribution in [1.29, 1.82) is 0 Å². The minimum atomic E-state index is 0.431. The van der Waals surface area contributed by atoms with Crippen LogP contribution in [0.25, 0.3) is 0 Å². The quantitative estimate of drug-likeness (QED) is 0.869. The van der Waals surface area contributed by atoms with Gasteiger partial charge in [-0.1, -0.05) is 39.0 Å². The molecule has 0 aromatic heterocycles. The second-order valence-corrected chi connectivity index (χ2v) is 7.51. The normalized spacial score (nSPS) is 20.8. The monoisotopic (exact) mass is 263 g/mol. The summed E-state index contributed by atoms with van der Waals surface area (Å²) >= 11 is 2.01. The van der Waals surface area contributed by atoms with E-state index >= 15 is 0 Å². The number of thioether (sulfide) groups is 1. The molecule has 2 atom stereocenters. The smallest absolute Gasteiger partial charge is 0.0141 e. The third-order valence-corrected chi connectivity index (χ3v) is 5.01.